The molecule has 2 atom stereocenters. The van der Waals surface area contributed by atoms with E-state index in [4.69, 9.17) is 18.9 Å². The Labute approximate surface area is 105 Å². The normalized spacial score (nSPS) is 20.5. The van der Waals surface area contributed by atoms with Crippen molar-refractivity contribution < 1.29 is 18.9 Å². The monoisotopic (exact) mass is 246 g/mol. The average molecular weight is 246 g/mol. The largest absolute Gasteiger partial charge is 0.381 e. The van der Waals surface area contributed by atoms with Gasteiger partial charge in [0.25, 0.3) is 0 Å². The van der Waals surface area contributed by atoms with Crippen molar-refractivity contribution in [1.29, 1.82) is 0 Å². The summed E-state index contributed by atoms with van der Waals surface area (Å²) < 4.78 is 21.5. The van der Waals surface area contributed by atoms with Crippen molar-refractivity contribution in [1.82, 2.24) is 0 Å². The molecule has 2 unspecified atom stereocenters. The molecule has 0 aromatic carbocycles. The first-order valence-electron chi connectivity index (χ1n) is 6.75. The molecule has 1 fully saturated rings. The molecule has 0 amide bonds. The van der Waals surface area contributed by atoms with Crippen molar-refractivity contribution in [3.8, 4) is 0 Å². The summed E-state index contributed by atoms with van der Waals surface area (Å²) in [5, 5.41) is 0. The van der Waals surface area contributed by atoms with Crippen LogP contribution >= 0.6 is 0 Å². The van der Waals surface area contributed by atoms with E-state index >= 15 is 0 Å². The number of ether oxygens (including phenoxy) is 4. The van der Waals surface area contributed by atoms with Crippen molar-refractivity contribution in [3.63, 3.8) is 0 Å². The Bertz CT molecular complexity index is 171. The lowest BCUT2D eigenvalue weighted by atomic mass is 10.3. The predicted molar refractivity (Wildman–Crippen MR) is 66.1 cm³/mol. The summed E-state index contributed by atoms with van der Waals surface area (Å²) in [6.45, 7) is 8.06. The van der Waals surface area contributed by atoms with E-state index in [1.807, 2.05) is 6.92 Å². The summed E-state index contributed by atoms with van der Waals surface area (Å²) in [4.78, 5) is 0. The van der Waals surface area contributed by atoms with Crippen molar-refractivity contribution in [2.75, 3.05) is 33.0 Å². The molecule has 0 N–H and O–H groups in total. The first-order valence-corrected chi connectivity index (χ1v) is 6.75. The third-order valence-electron chi connectivity index (χ3n) is 2.60. The fraction of sp³-hybridized carbons (Fsp3) is 1.00. The van der Waals surface area contributed by atoms with Crippen LogP contribution in [0.15, 0.2) is 0 Å². The maximum atomic E-state index is 5.51. The van der Waals surface area contributed by atoms with Gasteiger partial charge in [0.2, 0.25) is 0 Å². The maximum absolute atomic E-state index is 5.51. The van der Waals surface area contributed by atoms with Gasteiger partial charge in [0.15, 0.2) is 6.29 Å². The summed E-state index contributed by atoms with van der Waals surface area (Å²) in [6, 6.07) is 0. The molecule has 4 nitrogen and oxygen atoms in total. The van der Waals surface area contributed by atoms with Crippen molar-refractivity contribution >= 4 is 0 Å². The Balaban J connectivity index is 1.73. The third-order valence-corrected chi connectivity index (χ3v) is 2.60. The van der Waals surface area contributed by atoms with E-state index in [0.717, 1.165) is 45.7 Å². The van der Waals surface area contributed by atoms with Gasteiger partial charge in [-0.15, -0.1) is 0 Å². The first kappa shape index (κ1) is 14.9. The molecule has 1 heterocycles. The van der Waals surface area contributed by atoms with Crippen LogP contribution in [0.1, 0.15) is 39.5 Å². The van der Waals surface area contributed by atoms with Gasteiger partial charge in [0.05, 0.1) is 13.2 Å². The van der Waals surface area contributed by atoms with Crippen LogP contribution in [0.25, 0.3) is 0 Å². The Morgan fingerprint density at radius 2 is 1.82 bits per heavy atom. The molecule has 0 aliphatic carbocycles. The Morgan fingerprint density at radius 3 is 2.53 bits per heavy atom. The van der Waals surface area contributed by atoms with Crippen molar-refractivity contribution in [3.05, 3.63) is 0 Å². The van der Waals surface area contributed by atoms with Crippen LogP contribution in [-0.4, -0.2) is 45.4 Å². The summed E-state index contributed by atoms with van der Waals surface area (Å²) in [7, 11) is 0. The minimum Gasteiger partial charge on any atom is -0.381 e. The zero-order valence-corrected chi connectivity index (χ0v) is 11.2. The highest BCUT2D eigenvalue weighted by atomic mass is 16.7. The number of rotatable bonds is 12. The smallest absolute Gasteiger partial charge is 0.154 e. The number of hydrogen-bond acceptors (Lipinski definition) is 4. The first-order chi connectivity index (χ1) is 8.33. The number of epoxide rings is 1. The maximum Gasteiger partial charge on any atom is 0.154 e. The molecule has 1 rings (SSSR count). The molecule has 17 heavy (non-hydrogen) atoms. The fourth-order valence-corrected chi connectivity index (χ4v) is 1.36. The van der Waals surface area contributed by atoms with E-state index in [9.17, 15) is 0 Å². The van der Waals surface area contributed by atoms with Gasteiger partial charge in [-0.05, 0) is 26.2 Å². The quantitative estimate of drug-likeness (QED) is 0.301. The molecule has 0 aromatic rings. The standard InChI is InChI=1S/C13H26O4/c1-3-4-7-14-8-5-6-9-15-12(2)16-10-13-11-17-13/h12-13H,3-11H2,1-2H3. The van der Waals surface area contributed by atoms with Crippen LogP contribution < -0.4 is 0 Å². The second-order valence-electron chi connectivity index (χ2n) is 4.40. The van der Waals surface area contributed by atoms with Gasteiger partial charge < -0.3 is 18.9 Å². The molecule has 4 heteroatoms. The minimum atomic E-state index is -0.125. The molecule has 0 aromatic heterocycles. The van der Waals surface area contributed by atoms with E-state index in [0.29, 0.717) is 12.7 Å². The molecule has 1 saturated heterocycles. The van der Waals surface area contributed by atoms with Gasteiger partial charge in [0.1, 0.15) is 6.10 Å². The molecular formula is C13H26O4. The van der Waals surface area contributed by atoms with Gasteiger partial charge in [0, 0.05) is 19.8 Å². The van der Waals surface area contributed by atoms with Gasteiger partial charge in [-0.1, -0.05) is 13.3 Å². The molecule has 0 bridgehead atoms. The van der Waals surface area contributed by atoms with Gasteiger partial charge in [-0.2, -0.15) is 0 Å². The van der Waals surface area contributed by atoms with Gasteiger partial charge >= 0.3 is 0 Å². The Morgan fingerprint density at radius 1 is 1.12 bits per heavy atom. The second kappa shape index (κ2) is 9.83. The summed E-state index contributed by atoms with van der Waals surface area (Å²) in [5.41, 5.74) is 0. The molecule has 1 aliphatic rings. The Kier molecular flexibility index (Phi) is 8.61. The fourth-order valence-electron chi connectivity index (χ4n) is 1.36. The second-order valence-corrected chi connectivity index (χ2v) is 4.40. The lowest BCUT2D eigenvalue weighted by Crippen LogP contribution is -2.17. The molecule has 0 radical (unpaired) electrons. The van der Waals surface area contributed by atoms with Crippen LogP contribution in [0.5, 0.6) is 0 Å². The summed E-state index contributed by atoms with van der Waals surface area (Å²) in [5.74, 6) is 0. The molecule has 0 saturated carbocycles. The third kappa shape index (κ3) is 9.53. The molecule has 102 valence electrons. The zero-order chi connectivity index (χ0) is 12.3. The SMILES string of the molecule is CCCCOCCCCOC(C)OCC1CO1. The number of unbranched alkanes of at least 4 members (excludes halogenated alkanes) is 2. The van der Waals surface area contributed by atoms with Gasteiger partial charge in [-0.3, -0.25) is 0 Å². The molecule has 1 aliphatic heterocycles. The highest BCUT2D eigenvalue weighted by molar-refractivity contribution is 4.67. The van der Waals surface area contributed by atoms with E-state index in [-0.39, 0.29) is 6.29 Å². The van der Waals surface area contributed by atoms with Crippen LogP contribution in [0.4, 0.5) is 0 Å². The zero-order valence-electron chi connectivity index (χ0n) is 11.2. The molecule has 0 spiro atoms. The van der Waals surface area contributed by atoms with E-state index in [2.05, 4.69) is 6.92 Å². The topological polar surface area (TPSA) is 40.2 Å². The van der Waals surface area contributed by atoms with Gasteiger partial charge in [-0.25, -0.2) is 0 Å². The van der Waals surface area contributed by atoms with E-state index in [1.165, 1.54) is 6.42 Å². The van der Waals surface area contributed by atoms with Crippen LogP contribution in [0, 0.1) is 0 Å². The number of hydrogen-bond donors (Lipinski definition) is 0. The van der Waals surface area contributed by atoms with Crippen molar-refractivity contribution in [2.45, 2.75) is 51.9 Å². The predicted octanol–water partition coefficient (Wildman–Crippen LogP) is 2.36. The van der Waals surface area contributed by atoms with Crippen LogP contribution in [-0.2, 0) is 18.9 Å². The van der Waals surface area contributed by atoms with E-state index < -0.39 is 0 Å². The summed E-state index contributed by atoms with van der Waals surface area (Å²) in [6.07, 6.45) is 4.63. The lowest BCUT2D eigenvalue weighted by molar-refractivity contribution is -0.134. The van der Waals surface area contributed by atoms with Crippen LogP contribution in [0.3, 0.4) is 0 Å². The van der Waals surface area contributed by atoms with Crippen molar-refractivity contribution in [2.24, 2.45) is 0 Å². The van der Waals surface area contributed by atoms with E-state index in [1.54, 1.807) is 0 Å². The average Bonchev–Trinajstić information content (AvgIpc) is 3.14. The van der Waals surface area contributed by atoms with Crippen LogP contribution in [0.2, 0.25) is 0 Å². The minimum absolute atomic E-state index is 0.125. The highest BCUT2D eigenvalue weighted by Crippen LogP contribution is 2.10. The summed E-state index contributed by atoms with van der Waals surface area (Å²) >= 11 is 0. The highest BCUT2D eigenvalue weighted by Gasteiger charge is 2.23. The lowest BCUT2D eigenvalue weighted by Gasteiger charge is -2.13. The Hall–Kier alpha value is -0.160. The molecular weight excluding hydrogens is 220 g/mol.